The number of hydrogen-bond acceptors (Lipinski definition) is 7. The largest absolute Gasteiger partial charge is 0.485 e. The summed E-state index contributed by atoms with van der Waals surface area (Å²) in [5.41, 5.74) is 0.641. The smallest absolute Gasteiger partial charge is 0.317 e. The van der Waals surface area contributed by atoms with Crippen molar-refractivity contribution in [2.45, 2.75) is 12.6 Å². The van der Waals surface area contributed by atoms with Gasteiger partial charge in [-0.05, 0) is 25.1 Å². The van der Waals surface area contributed by atoms with Gasteiger partial charge in [-0.25, -0.2) is 4.68 Å². The minimum Gasteiger partial charge on any atom is -0.485 e. The van der Waals surface area contributed by atoms with Crippen LogP contribution >= 0.6 is 11.6 Å². The van der Waals surface area contributed by atoms with Gasteiger partial charge in [0, 0.05) is 10.7 Å². The molecule has 0 saturated carbocycles. The van der Waals surface area contributed by atoms with E-state index in [1.54, 1.807) is 31.2 Å². The molecule has 0 unspecified atom stereocenters. The van der Waals surface area contributed by atoms with Crippen molar-refractivity contribution >= 4 is 29.0 Å². The molecule has 1 aromatic carbocycles. The van der Waals surface area contributed by atoms with E-state index in [9.17, 15) is 14.9 Å². The molecule has 0 fully saturated rings. The maximum atomic E-state index is 12.6. The van der Waals surface area contributed by atoms with Crippen LogP contribution in [0.1, 0.15) is 6.92 Å². The molecule has 1 amide bonds. The molecule has 25 heavy (non-hydrogen) atoms. The topological polar surface area (TPSA) is 121 Å². The first-order valence-corrected chi connectivity index (χ1v) is 7.66. The second-order valence-corrected chi connectivity index (χ2v) is 5.53. The third-order valence-corrected chi connectivity index (χ3v) is 3.65. The van der Waals surface area contributed by atoms with E-state index in [4.69, 9.17) is 16.3 Å². The number of carbonyl (C=O) groups excluding carboxylic acids is 1. The summed E-state index contributed by atoms with van der Waals surface area (Å²) in [7, 11) is 0. The molecule has 2 aromatic rings. The van der Waals surface area contributed by atoms with Gasteiger partial charge in [0.1, 0.15) is 12.4 Å². The van der Waals surface area contributed by atoms with Gasteiger partial charge in [0.2, 0.25) is 5.75 Å². The Labute approximate surface area is 147 Å². The van der Waals surface area contributed by atoms with E-state index < -0.39 is 17.1 Å². The number of amides is 1. The van der Waals surface area contributed by atoms with Crippen LogP contribution in [-0.4, -0.2) is 27.8 Å². The average Bonchev–Trinajstić information content (AvgIpc) is 2.98. The Morgan fingerprint density at radius 1 is 1.56 bits per heavy atom. The molecule has 0 bridgehead atoms. The Morgan fingerprint density at radius 3 is 3.04 bits per heavy atom. The van der Waals surface area contributed by atoms with Crippen LogP contribution in [0.4, 0.5) is 11.5 Å². The number of nitrogens with one attached hydrogen (secondary N) is 3. The molecule has 0 radical (unpaired) electrons. The minimum absolute atomic E-state index is 0.0785. The molecule has 2 heterocycles. The summed E-state index contributed by atoms with van der Waals surface area (Å²) in [4.78, 5) is 28.1. The maximum Gasteiger partial charge on any atom is 0.317 e. The maximum absolute atomic E-state index is 12.6. The average molecular weight is 361 g/mol. The molecule has 10 heteroatoms. The van der Waals surface area contributed by atoms with Crippen molar-refractivity contribution in [2.24, 2.45) is 0 Å². The van der Waals surface area contributed by atoms with Gasteiger partial charge in [-0.3, -0.25) is 15.0 Å². The Balaban J connectivity index is 1.92. The predicted molar refractivity (Wildman–Crippen MR) is 91.1 cm³/mol. The van der Waals surface area contributed by atoms with E-state index in [1.165, 1.54) is 11.0 Å². The fourth-order valence-corrected chi connectivity index (χ4v) is 2.49. The normalized spacial score (nSPS) is 17.6. The molecule has 3 N–H and O–H groups in total. The third kappa shape index (κ3) is 2.95. The number of anilines is 2. The Hall–Kier alpha value is -3.25. The molecule has 1 aliphatic rings. The van der Waals surface area contributed by atoms with Crippen molar-refractivity contribution in [3.05, 3.63) is 46.0 Å². The number of nitriles is 1. The molecular weight excluding hydrogens is 348 g/mol. The lowest BCUT2D eigenvalue weighted by atomic mass is 10.2. The molecule has 1 atom stereocenters. The van der Waals surface area contributed by atoms with Crippen molar-refractivity contribution in [2.75, 3.05) is 22.7 Å². The number of rotatable bonds is 4. The standard InChI is InChI=1S/C15H13ClN6O3/c1-2-25-11-12-20-15(7-17,21-22(12)8-18-13(11)23)14(24)19-10-5-3-4-9(16)6-10/h3-6,8,20-21H,2H2,1H3,(H,19,24)/t15-/m0/s1. The van der Waals surface area contributed by atoms with E-state index in [1.807, 2.05) is 6.07 Å². The zero-order valence-corrected chi connectivity index (χ0v) is 13.8. The zero-order valence-electron chi connectivity index (χ0n) is 13.0. The minimum atomic E-state index is -1.85. The van der Waals surface area contributed by atoms with E-state index in [2.05, 4.69) is 21.0 Å². The van der Waals surface area contributed by atoms with E-state index in [0.717, 1.165) is 0 Å². The number of nitrogens with zero attached hydrogens (tertiary/aromatic N) is 3. The highest BCUT2D eigenvalue weighted by atomic mass is 35.5. The van der Waals surface area contributed by atoms with Crippen LogP contribution in [-0.2, 0) is 4.79 Å². The van der Waals surface area contributed by atoms with E-state index >= 15 is 0 Å². The van der Waals surface area contributed by atoms with Crippen molar-refractivity contribution < 1.29 is 9.53 Å². The van der Waals surface area contributed by atoms with Crippen LogP contribution < -0.4 is 26.4 Å². The highest BCUT2D eigenvalue weighted by molar-refractivity contribution is 6.30. The van der Waals surface area contributed by atoms with Gasteiger partial charge in [0.05, 0.1) is 6.61 Å². The van der Waals surface area contributed by atoms with Gasteiger partial charge in [0.25, 0.3) is 11.6 Å². The summed E-state index contributed by atoms with van der Waals surface area (Å²) < 4.78 is 6.53. The van der Waals surface area contributed by atoms with Gasteiger partial charge in [-0.15, -0.1) is 0 Å². The lowest BCUT2D eigenvalue weighted by molar-refractivity contribution is -0.118. The highest BCUT2D eigenvalue weighted by Crippen LogP contribution is 2.29. The summed E-state index contributed by atoms with van der Waals surface area (Å²) >= 11 is 5.89. The monoisotopic (exact) mass is 360 g/mol. The molecule has 9 nitrogen and oxygen atoms in total. The molecule has 1 aliphatic heterocycles. The molecule has 0 saturated heterocycles. The summed E-state index contributed by atoms with van der Waals surface area (Å²) in [6.07, 6.45) is 1.17. The predicted octanol–water partition coefficient (Wildman–Crippen LogP) is 1.12. The van der Waals surface area contributed by atoms with E-state index in [-0.39, 0.29) is 18.2 Å². The summed E-state index contributed by atoms with van der Waals surface area (Å²) in [5, 5.41) is 15.3. The van der Waals surface area contributed by atoms with Gasteiger partial charge in [0.15, 0.2) is 5.82 Å². The zero-order chi connectivity index (χ0) is 18.0. The van der Waals surface area contributed by atoms with Crippen LogP contribution in [0, 0.1) is 11.3 Å². The number of benzene rings is 1. The van der Waals surface area contributed by atoms with Crippen molar-refractivity contribution in [3.8, 4) is 11.8 Å². The van der Waals surface area contributed by atoms with Crippen molar-refractivity contribution in [3.63, 3.8) is 0 Å². The highest BCUT2D eigenvalue weighted by Gasteiger charge is 2.46. The molecule has 1 aromatic heterocycles. The quantitative estimate of drug-likeness (QED) is 0.747. The van der Waals surface area contributed by atoms with Crippen LogP contribution in [0.15, 0.2) is 35.4 Å². The van der Waals surface area contributed by atoms with Gasteiger partial charge >= 0.3 is 5.56 Å². The first-order chi connectivity index (χ1) is 12.0. The van der Waals surface area contributed by atoms with E-state index in [0.29, 0.717) is 10.7 Å². The number of carbonyl (C=O) groups is 1. The molecule has 128 valence electrons. The first-order valence-electron chi connectivity index (χ1n) is 7.28. The number of hydrogen-bond donors (Lipinski definition) is 3. The summed E-state index contributed by atoms with van der Waals surface area (Å²) in [6, 6.07) is 8.37. The number of fused-ring (bicyclic) bond motifs is 1. The van der Waals surface area contributed by atoms with Gasteiger partial charge < -0.3 is 15.4 Å². The number of ether oxygens (including phenoxy) is 1. The molecule has 0 aliphatic carbocycles. The summed E-state index contributed by atoms with van der Waals surface area (Å²) in [5.74, 6) is -0.620. The fourth-order valence-electron chi connectivity index (χ4n) is 2.30. The van der Waals surface area contributed by atoms with Crippen LogP contribution in [0.5, 0.6) is 5.75 Å². The first kappa shape index (κ1) is 16.6. The second-order valence-electron chi connectivity index (χ2n) is 5.09. The number of aromatic nitrogens is 2. The molecule has 0 spiro atoms. The van der Waals surface area contributed by atoms with Crippen LogP contribution in [0.3, 0.4) is 0 Å². The fraction of sp³-hybridized carbons (Fsp3) is 0.200. The third-order valence-electron chi connectivity index (χ3n) is 3.41. The Kier molecular flexibility index (Phi) is 4.21. The van der Waals surface area contributed by atoms with Crippen molar-refractivity contribution in [1.82, 2.24) is 9.66 Å². The van der Waals surface area contributed by atoms with Crippen LogP contribution in [0.25, 0.3) is 0 Å². The lowest BCUT2D eigenvalue weighted by Crippen LogP contribution is -2.53. The van der Waals surface area contributed by atoms with Gasteiger partial charge in [-0.1, -0.05) is 17.7 Å². The number of halogens is 1. The van der Waals surface area contributed by atoms with Gasteiger partial charge in [-0.2, -0.15) is 10.2 Å². The summed E-state index contributed by atoms with van der Waals surface area (Å²) in [6.45, 7) is 1.93. The SMILES string of the molecule is CCOc1c2n(cnc1=O)N[C@@](C#N)(C(=O)Nc1cccc(Cl)c1)N2. The molecule has 3 rings (SSSR count). The molecular formula is C15H13ClN6O3. The Bertz CT molecular complexity index is 938. The Morgan fingerprint density at radius 2 is 2.36 bits per heavy atom. The van der Waals surface area contributed by atoms with Crippen molar-refractivity contribution in [1.29, 1.82) is 5.26 Å². The second kappa shape index (κ2) is 6.33. The lowest BCUT2D eigenvalue weighted by Gasteiger charge is -2.20. The van der Waals surface area contributed by atoms with Crippen LogP contribution in [0.2, 0.25) is 5.02 Å².